The van der Waals surface area contributed by atoms with Crippen molar-refractivity contribution in [1.82, 2.24) is 10.6 Å². The van der Waals surface area contributed by atoms with Gasteiger partial charge >= 0.3 is 12.1 Å². The fourth-order valence-corrected chi connectivity index (χ4v) is 3.52. The minimum Gasteiger partial charge on any atom is -0.479 e. The van der Waals surface area contributed by atoms with Crippen molar-refractivity contribution >= 4 is 18.0 Å². The Balaban J connectivity index is 1.61. The van der Waals surface area contributed by atoms with Crippen molar-refractivity contribution in [3.8, 4) is 23.5 Å². The van der Waals surface area contributed by atoms with Gasteiger partial charge in [-0.25, -0.2) is 9.59 Å². The molecular formula is C23H22N2O6. The SMILES string of the molecule is C#CCC(NC(=O)OCC1c2ccccc2-c2ccccc21)C(=O)NCC(O)C(=O)O. The molecule has 31 heavy (non-hydrogen) atoms. The molecule has 0 aromatic heterocycles. The van der Waals surface area contributed by atoms with E-state index in [0.717, 1.165) is 22.3 Å². The molecule has 2 aromatic carbocycles. The average Bonchev–Trinajstić information content (AvgIpc) is 3.09. The molecule has 0 fully saturated rings. The van der Waals surface area contributed by atoms with Crippen LogP contribution in [0.4, 0.5) is 4.79 Å². The predicted molar refractivity (Wildman–Crippen MR) is 112 cm³/mol. The number of aliphatic hydroxyl groups is 1. The van der Waals surface area contributed by atoms with Gasteiger partial charge in [0.1, 0.15) is 12.6 Å². The Bertz CT molecular complexity index is 983. The van der Waals surface area contributed by atoms with Gasteiger partial charge < -0.3 is 25.6 Å². The average molecular weight is 422 g/mol. The van der Waals surface area contributed by atoms with Crippen LogP contribution in [0.1, 0.15) is 23.5 Å². The Labute approximate surface area is 179 Å². The summed E-state index contributed by atoms with van der Waals surface area (Å²) >= 11 is 0. The first-order valence-corrected chi connectivity index (χ1v) is 9.66. The van der Waals surface area contributed by atoms with Crippen LogP contribution in [-0.4, -0.2) is 53.5 Å². The number of hydrogen-bond donors (Lipinski definition) is 4. The third kappa shape index (κ3) is 5.02. The molecule has 0 aliphatic heterocycles. The van der Waals surface area contributed by atoms with E-state index in [2.05, 4.69) is 16.6 Å². The van der Waals surface area contributed by atoms with Gasteiger partial charge in [-0.3, -0.25) is 4.79 Å². The molecule has 2 atom stereocenters. The van der Waals surface area contributed by atoms with Crippen LogP contribution >= 0.6 is 0 Å². The summed E-state index contributed by atoms with van der Waals surface area (Å²) in [5.74, 6) is -0.0474. The largest absolute Gasteiger partial charge is 0.479 e. The summed E-state index contributed by atoms with van der Waals surface area (Å²) in [6.07, 6.45) is 2.55. The number of fused-ring (bicyclic) bond motifs is 3. The number of carbonyl (C=O) groups excluding carboxylic acids is 2. The molecule has 160 valence electrons. The van der Waals surface area contributed by atoms with Crippen molar-refractivity contribution in [2.24, 2.45) is 0 Å². The van der Waals surface area contributed by atoms with Crippen LogP contribution in [0.3, 0.4) is 0 Å². The molecule has 3 rings (SSSR count). The molecule has 2 amide bonds. The van der Waals surface area contributed by atoms with E-state index in [-0.39, 0.29) is 18.9 Å². The fraction of sp³-hybridized carbons (Fsp3) is 0.261. The second kappa shape index (κ2) is 9.78. The van der Waals surface area contributed by atoms with E-state index in [1.54, 1.807) is 0 Å². The Morgan fingerprint density at radius 2 is 1.65 bits per heavy atom. The maximum atomic E-state index is 12.3. The van der Waals surface area contributed by atoms with Gasteiger partial charge in [0.15, 0.2) is 6.10 Å². The molecular weight excluding hydrogens is 400 g/mol. The molecule has 0 saturated heterocycles. The molecule has 0 spiro atoms. The summed E-state index contributed by atoms with van der Waals surface area (Å²) in [5, 5.41) is 22.6. The molecule has 0 heterocycles. The minimum absolute atomic E-state index is 0.0714. The van der Waals surface area contributed by atoms with Crippen LogP contribution < -0.4 is 10.6 Å². The van der Waals surface area contributed by atoms with Crippen molar-refractivity contribution < 1.29 is 29.3 Å². The number of terminal acetylenes is 1. The highest BCUT2D eigenvalue weighted by molar-refractivity contribution is 5.86. The standard InChI is InChI=1S/C23H22N2O6/c1-2-7-19(21(27)24-12-20(26)22(28)29)25-23(30)31-13-18-16-10-5-3-8-14(16)15-9-4-6-11-17(15)18/h1,3-6,8-11,18-20,26H,7,12-13H2,(H,24,27)(H,25,30)(H,28,29). The normalized spacial score (nSPS) is 13.8. The number of hydrogen-bond acceptors (Lipinski definition) is 5. The number of carbonyl (C=O) groups is 3. The first kappa shape index (κ1) is 21.9. The molecule has 1 aliphatic rings. The fourth-order valence-electron chi connectivity index (χ4n) is 3.52. The lowest BCUT2D eigenvalue weighted by atomic mass is 9.98. The van der Waals surface area contributed by atoms with Gasteiger partial charge in [-0.2, -0.15) is 0 Å². The third-order valence-electron chi connectivity index (χ3n) is 5.03. The Morgan fingerprint density at radius 1 is 1.06 bits per heavy atom. The first-order chi connectivity index (χ1) is 14.9. The van der Waals surface area contributed by atoms with Crippen LogP contribution in [0.15, 0.2) is 48.5 Å². The number of amides is 2. The van der Waals surface area contributed by atoms with Gasteiger partial charge in [-0.05, 0) is 22.3 Å². The van der Waals surface area contributed by atoms with Gasteiger partial charge in [-0.15, -0.1) is 12.3 Å². The Morgan fingerprint density at radius 3 is 2.19 bits per heavy atom. The number of carboxylic acids is 1. The van der Waals surface area contributed by atoms with Crippen molar-refractivity contribution in [2.45, 2.75) is 24.5 Å². The zero-order valence-electron chi connectivity index (χ0n) is 16.6. The van der Waals surface area contributed by atoms with E-state index in [1.807, 2.05) is 48.5 Å². The molecule has 8 heteroatoms. The van der Waals surface area contributed by atoms with E-state index < -0.39 is 36.7 Å². The van der Waals surface area contributed by atoms with Gasteiger partial charge in [-0.1, -0.05) is 48.5 Å². The summed E-state index contributed by atoms with van der Waals surface area (Å²) in [6, 6.07) is 14.7. The minimum atomic E-state index is -1.76. The summed E-state index contributed by atoms with van der Waals surface area (Å²) in [5.41, 5.74) is 4.29. The summed E-state index contributed by atoms with van der Waals surface area (Å²) in [4.78, 5) is 35.2. The van der Waals surface area contributed by atoms with Crippen molar-refractivity contribution in [3.05, 3.63) is 59.7 Å². The molecule has 1 aliphatic carbocycles. The lowest BCUT2D eigenvalue weighted by molar-refractivity contribution is -0.146. The lowest BCUT2D eigenvalue weighted by Gasteiger charge is -2.18. The lowest BCUT2D eigenvalue weighted by Crippen LogP contribution is -2.49. The second-order valence-electron chi connectivity index (χ2n) is 7.03. The first-order valence-electron chi connectivity index (χ1n) is 9.66. The highest BCUT2D eigenvalue weighted by Crippen LogP contribution is 2.44. The second-order valence-corrected chi connectivity index (χ2v) is 7.03. The van der Waals surface area contributed by atoms with Crippen LogP contribution in [0.25, 0.3) is 11.1 Å². The van der Waals surface area contributed by atoms with E-state index in [9.17, 15) is 19.5 Å². The molecule has 0 saturated carbocycles. The highest BCUT2D eigenvalue weighted by atomic mass is 16.5. The number of ether oxygens (including phenoxy) is 1. The predicted octanol–water partition coefficient (Wildman–Crippen LogP) is 1.48. The van der Waals surface area contributed by atoms with Gasteiger partial charge in [0.25, 0.3) is 0 Å². The van der Waals surface area contributed by atoms with Crippen molar-refractivity contribution in [3.63, 3.8) is 0 Å². The zero-order valence-corrected chi connectivity index (χ0v) is 16.6. The quantitative estimate of drug-likeness (QED) is 0.478. The molecule has 4 N–H and O–H groups in total. The van der Waals surface area contributed by atoms with Gasteiger partial charge in [0.2, 0.25) is 5.91 Å². The smallest absolute Gasteiger partial charge is 0.407 e. The third-order valence-corrected chi connectivity index (χ3v) is 5.03. The number of aliphatic carboxylic acids is 1. The highest BCUT2D eigenvalue weighted by Gasteiger charge is 2.29. The summed E-state index contributed by atoms with van der Waals surface area (Å²) in [7, 11) is 0. The molecule has 2 unspecified atom stereocenters. The van der Waals surface area contributed by atoms with Crippen LogP contribution in [0.2, 0.25) is 0 Å². The van der Waals surface area contributed by atoms with Crippen LogP contribution in [-0.2, 0) is 14.3 Å². The van der Waals surface area contributed by atoms with Crippen LogP contribution in [0.5, 0.6) is 0 Å². The maximum Gasteiger partial charge on any atom is 0.407 e. The number of aliphatic hydroxyl groups excluding tert-OH is 1. The Kier molecular flexibility index (Phi) is 6.90. The zero-order chi connectivity index (χ0) is 22.4. The van der Waals surface area contributed by atoms with Crippen molar-refractivity contribution in [1.29, 1.82) is 0 Å². The van der Waals surface area contributed by atoms with E-state index in [4.69, 9.17) is 16.3 Å². The van der Waals surface area contributed by atoms with Crippen molar-refractivity contribution in [2.75, 3.05) is 13.2 Å². The monoisotopic (exact) mass is 422 g/mol. The topological polar surface area (TPSA) is 125 Å². The van der Waals surface area contributed by atoms with E-state index >= 15 is 0 Å². The van der Waals surface area contributed by atoms with E-state index in [1.165, 1.54) is 0 Å². The van der Waals surface area contributed by atoms with Gasteiger partial charge in [0.05, 0.1) is 6.54 Å². The number of alkyl carbamates (subject to hydrolysis) is 1. The van der Waals surface area contributed by atoms with Crippen LogP contribution in [0, 0.1) is 12.3 Å². The number of benzene rings is 2. The molecule has 0 bridgehead atoms. The number of nitrogens with one attached hydrogen (secondary N) is 2. The Hall–Kier alpha value is -3.83. The maximum absolute atomic E-state index is 12.3. The molecule has 0 radical (unpaired) electrons. The van der Waals surface area contributed by atoms with E-state index in [0.29, 0.717) is 0 Å². The molecule has 8 nitrogen and oxygen atoms in total. The summed E-state index contributed by atoms with van der Waals surface area (Å²) in [6.45, 7) is -0.441. The number of carboxylic acid groups (broad SMARTS) is 1. The molecule has 2 aromatic rings. The van der Waals surface area contributed by atoms with Gasteiger partial charge in [0, 0.05) is 12.3 Å². The number of rotatable bonds is 8. The summed E-state index contributed by atoms with van der Waals surface area (Å²) < 4.78 is 5.39.